The summed E-state index contributed by atoms with van der Waals surface area (Å²) in [5.74, 6) is -0.355. The third-order valence-electron chi connectivity index (χ3n) is 3.58. The molecule has 5 nitrogen and oxygen atoms in total. The Labute approximate surface area is 126 Å². The van der Waals surface area contributed by atoms with Crippen molar-refractivity contribution in [2.75, 3.05) is 7.11 Å². The molecule has 5 heteroatoms. The van der Waals surface area contributed by atoms with Crippen LogP contribution in [0.1, 0.15) is 5.56 Å². The Morgan fingerprint density at radius 1 is 1.14 bits per heavy atom. The fourth-order valence-electron chi connectivity index (χ4n) is 2.44. The number of hydrogen-bond acceptors (Lipinski definition) is 5. The molecule has 1 aromatic heterocycles. The Morgan fingerprint density at radius 2 is 1.82 bits per heavy atom. The van der Waals surface area contributed by atoms with Gasteiger partial charge in [-0.3, -0.25) is 4.79 Å². The summed E-state index contributed by atoms with van der Waals surface area (Å²) >= 11 is 0. The highest BCUT2D eigenvalue weighted by molar-refractivity contribution is 5.90. The lowest BCUT2D eigenvalue weighted by Crippen LogP contribution is -2.04. The fraction of sp³-hybridized carbons (Fsp3) is 0.118. The van der Waals surface area contributed by atoms with E-state index in [1.165, 1.54) is 13.2 Å². The number of fused-ring (bicyclic) bond motifs is 1. The van der Waals surface area contributed by atoms with Crippen molar-refractivity contribution < 1.29 is 19.4 Å². The minimum absolute atomic E-state index is 0.0597. The average Bonchev–Trinajstić information content (AvgIpc) is 2.54. The molecule has 3 rings (SSSR count). The summed E-state index contributed by atoms with van der Waals surface area (Å²) in [6.07, 6.45) is 0. The lowest BCUT2D eigenvalue weighted by molar-refractivity contribution is 0.403. The van der Waals surface area contributed by atoms with Crippen LogP contribution in [0.2, 0.25) is 0 Å². The standard InChI is InChI=1S/C17H14O5/c1-9-12(21-2)8-11(18)13-14(19)15(20)17(22-16(9)13)10-6-4-3-5-7-10/h3-8,18,20H,1-2H3. The largest absolute Gasteiger partial charge is 0.507 e. The molecule has 2 N–H and O–H groups in total. The maximum atomic E-state index is 12.4. The first-order valence-corrected chi connectivity index (χ1v) is 6.66. The van der Waals surface area contributed by atoms with Gasteiger partial charge >= 0.3 is 0 Å². The van der Waals surface area contributed by atoms with Crippen LogP contribution in [0.3, 0.4) is 0 Å². The van der Waals surface area contributed by atoms with Gasteiger partial charge in [0.2, 0.25) is 11.2 Å². The third-order valence-corrected chi connectivity index (χ3v) is 3.58. The Hall–Kier alpha value is -2.95. The number of aryl methyl sites for hydroxylation is 1. The molecule has 0 saturated heterocycles. The minimum atomic E-state index is -0.677. The van der Waals surface area contributed by atoms with Crippen molar-refractivity contribution in [1.82, 2.24) is 0 Å². The number of benzene rings is 2. The molecule has 0 atom stereocenters. The van der Waals surface area contributed by atoms with Crippen LogP contribution in [0, 0.1) is 6.92 Å². The normalized spacial score (nSPS) is 10.8. The van der Waals surface area contributed by atoms with Gasteiger partial charge in [-0.15, -0.1) is 0 Å². The zero-order chi connectivity index (χ0) is 15.9. The summed E-state index contributed by atoms with van der Waals surface area (Å²) in [6.45, 7) is 1.72. The predicted molar refractivity (Wildman–Crippen MR) is 82.5 cm³/mol. The van der Waals surface area contributed by atoms with E-state index in [0.29, 0.717) is 16.9 Å². The number of methoxy groups -OCH3 is 1. The van der Waals surface area contributed by atoms with Crippen LogP contribution in [0.5, 0.6) is 17.2 Å². The molecule has 0 saturated carbocycles. The molecule has 3 aromatic rings. The van der Waals surface area contributed by atoms with Crippen LogP contribution in [-0.4, -0.2) is 17.3 Å². The van der Waals surface area contributed by atoms with E-state index in [1.807, 2.05) is 6.07 Å². The minimum Gasteiger partial charge on any atom is -0.507 e. The first-order chi connectivity index (χ1) is 10.5. The Kier molecular flexibility index (Phi) is 3.25. The van der Waals surface area contributed by atoms with Crippen LogP contribution in [-0.2, 0) is 0 Å². The molecule has 0 radical (unpaired) electrons. The monoisotopic (exact) mass is 298 g/mol. The van der Waals surface area contributed by atoms with E-state index in [1.54, 1.807) is 31.2 Å². The van der Waals surface area contributed by atoms with Gasteiger partial charge < -0.3 is 19.4 Å². The highest BCUT2D eigenvalue weighted by Gasteiger charge is 2.21. The Morgan fingerprint density at radius 3 is 2.45 bits per heavy atom. The van der Waals surface area contributed by atoms with Crippen molar-refractivity contribution in [3.05, 3.63) is 52.2 Å². The second-order valence-electron chi connectivity index (χ2n) is 4.90. The van der Waals surface area contributed by atoms with Crippen molar-refractivity contribution in [3.8, 4) is 28.6 Å². The lowest BCUT2D eigenvalue weighted by atomic mass is 10.1. The van der Waals surface area contributed by atoms with Crippen molar-refractivity contribution in [2.24, 2.45) is 0 Å². The summed E-state index contributed by atoms with van der Waals surface area (Å²) in [6, 6.07) is 10.1. The van der Waals surface area contributed by atoms with Crippen LogP contribution in [0.25, 0.3) is 22.3 Å². The molecule has 112 valence electrons. The summed E-state index contributed by atoms with van der Waals surface area (Å²) < 4.78 is 10.9. The van der Waals surface area contributed by atoms with Crippen LogP contribution in [0.4, 0.5) is 0 Å². The summed E-state index contributed by atoms with van der Waals surface area (Å²) in [5.41, 5.74) is 0.659. The molecule has 0 unspecified atom stereocenters. The first-order valence-electron chi connectivity index (χ1n) is 6.66. The molecule has 0 aliphatic heterocycles. The van der Waals surface area contributed by atoms with Gasteiger partial charge in [0.05, 0.1) is 7.11 Å². The zero-order valence-corrected chi connectivity index (χ0v) is 12.1. The summed E-state index contributed by atoms with van der Waals surface area (Å²) in [4.78, 5) is 12.4. The molecule has 0 aliphatic carbocycles. The van der Waals surface area contributed by atoms with Gasteiger partial charge in [-0.25, -0.2) is 0 Å². The predicted octanol–water partition coefficient (Wildman–Crippen LogP) is 3.19. The lowest BCUT2D eigenvalue weighted by Gasteiger charge is -2.11. The quantitative estimate of drug-likeness (QED) is 0.759. The van der Waals surface area contributed by atoms with E-state index in [2.05, 4.69) is 0 Å². The van der Waals surface area contributed by atoms with Gasteiger partial charge in [0.15, 0.2) is 5.76 Å². The van der Waals surface area contributed by atoms with E-state index in [9.17, 15) is 15.0 Å². The molecular weight excluding hydrogens is 284 g/mol. The second-order valence-corrected chi connectivity index (χ2v) is 4.90. The van der Waals surface area contributed by atoms with E-state index in [-0.39, 0.29) is 22.5 Å². The van der Waals surface area contributed by atoms with Gasteiger partial charge in [-0.05, 0) is 6.92 Å². The molecule has 0 spiro atoms. The van der Waals surface area contributed by atoms with Crippen molar-refractivity contribution in [3.63, 3.8) is 0 Å². The van der Waals surface area contributed by atoms with Gasteiger partial charge in [0, 0.05) is 17.2 Å². The topological polar surface area (TPSA) is 79.9 Å². The number of phenolic OH excluding ortho intramolecular Hbond substituents is 1. The molecule has 2 aromatic carbocycles. The molecule has 0 amide bonds. The third kappa shape index (κ3) is 1.98. The van der Waals surface area contributed by atoms with Crippen LogP contribution >= 0.6 is 0 Å². The number of aromatic hydroxyl groups is 2. The molecule has 0 aliphatic rings. The van der Waals surface area contributed by atoms with Gasteiger partial charge in [-0.2, -0.15) is 0 Å². The van der Waals surface area contributed by atoms with Crippen molar-refractivity contribution >= 4 is 11.0 Å². The maximum absolute atomic E-state index is 12.4. The SMILES string of the molecule is COc1cc(O)c2c(=O)c(O)c(-c3ccccc3)oc2c1C. The highest BCUT2D eigenvalue weighted by Crippen LogP contribution is 2.37. The van der Waals surface area contributed by atoms with Gasteiger partial charge in [-0.1, -0.05) is 30.3 Å². The molecule has 0 bridgehead atoms. The van der Waals surface area contributed by atoms with Crippen LogP contribution < -0.4 is 10.2 Å². The first kappa shape index (κ1) is 14.0. The number of phenols is 1. The summed E-state index contributed by atoms with van der Waals surface area (Å²) in [7, 11) is 1.46. The summed E-state index contributed by atoms with van der Waals surface area (Å²) in [5, 5.41) is 20.1. The van der Waals surface area contributed by atoms with Crippen LogP contribution in [0.15, 0.2) is 45.6 Å². The molecule has 0 fully saturated rings. The smallest absolute Gasteiger partial charge is 0.238 e. The molecule has 1 heterocycles. The van der Waals surface area contributed by atoms with E-state index in [4.69, 9.17) is 9.15 Å². The fourth-order valence-corrected chi connectivity index (χ4v) is 2.44. The number of ether oxygens (including phenoxy) is 1. The maximum Gasteiger partial charge on any atom is 0.238 e. The van der Waals surface area contributed by atoms with E-state index < -0.39 is 11.2 Å². The number of rotatable bonds is 2. The Bertz CT molecular complexity index is 910. The Balaban J connectivity index is 2.46. The second kappa shape index (κ2) is 5.11. The molecular formula is C17H14O5. The van der Waals surface area contributed by atoms with Crippen molar-refractivity contribution in [1.29, 1.82) is 0 Å². The van der Waals surface area contributed by atoms with Gasteiger partial charge in [0.25, 0.3) is 0 Å². The van der Waals surface area contributed by atoms with E-state index in [0.717, 1.165) is 0 Å². The number of hydrogen-bond donors (Lipinski definition) is 2. The highest BCUT2D eigenvalue weighted by atomic mass is 16.5. The zero-order valence-electron chi connectivity index (χ0n) is 12.1. The molecule has 22 heavy (non-hydrogen) atoms. The van der Waals surface area contributed by atoms with Gasteiger partial charge in [0.1, 0.15) is 22.5 Å². The average molecular weight is 298 g/mol. The van der Waals surface area contributed by atoms with E-state index >= 15 is 0 Å². The van der Waals surface area contributed by atoms with Crippen molar-refractivity contribution in [2.45, 2.75) is 6.92 Å².